The Morgan fingerprint density at radius 1 is 1.26 bits per heavy atom. The topological polar surface area (TPSA) is 82.1 Å². The molecule has 122 valence electrons. The summed E-state index contributed by atoms with van der Waals surface area (Å²) >= 11 is 1.23. The van der Waals surface area contributed by atoms with Crippen molar-refractivity contribution in [2.24, 2.45) is 0 Å². The molecule has 0 spiro atoms. The summed E-state index contributed by atoms with van der Waals surface area (Å²) in [5, 5.41) is 0. The Morgan fingerprint density at radius 2 is 2.09 bits per heavy atom. The van der Waals surface area contributed by atoms with Gasteiger partial charge in [0.1, 0.15) is 0 Å². The van der Waals surface area contributed by atoms with Crippen molar-refractivity contribution in [2.75, 3.05) is 13.6 Å². The molecule has 0 saturated carbocycles. The predicted octanol–water partition coefficient (Wildman–Crippen LogP) is 2.77. The zero-order valence-electron chi connectivity index (χ0n) is 13.1. The van der Waals surface area contributed by atoms with Gasteiger partial charge in [0.05, 0.1) is 11.2 Å². The van der Waals surface area contributed by atoms with Gasteiger partial charge in [0.15, 0.2) is 5.58 Å². The van der Waals surface area contributed by atoms with E-state index >= 15 is 0 Å². The first-order chi connectivity index (χ1) is 11.1. The number of unbranched alkanes of at least 4 members (excludes halogenated alkanes) is 1. The lowest BCUT2D eigenvalue weighted by Crippen LogP contribution is -2.18. The van der Waals surface area contributed by atoms with Crippen LogP contribution in [0.3, 0.4) is 0 Å². The molecular formula is C16H19N3O3S. The maximum absolute atomic E-state index is 11.8. The molecule has 0 amide bonds. The molecule has 2 N–H and O–H groups in total. The minimum atomic E-state index is -0.476. The third-order valence-corrected chi connectivity index (χ3v) is 4.61. The molecule has 23 heavy (non-hydrogen) atoms. The van der Waals surface area contributed by atoms with Gasteiger partial charge in [-0.05, 0) is 32.1 Å². The third-order valence-electron chi connectivity index (χ3n) is 3.74. The molecule has 0 aliphatic carbocycles. The van der Waals surface area contributed by atoms with Crippen molar-refractivity contribution in [3.63, 3.8) is 0 Å². The van der Waals surface area contributed by atoms with Crippen molar-refractivity contribution < 1.29 is 4.42 Å². The number of benzene rings is 1. The molecule has 0 aliphatic heterocycles. The maximum Gasteiger partial charge on any atom is 0.417 e. The number of thiazole rings is 1. The van der Waals surface area contributed by atoms with Crippen LogP contribution in [0.15, 0.2) is 32.2 Å². The van der Waals surface area contributed by atoms with Crippen LogP contribution in [-0.4, -0.2) is 28.5 Å². The Morgan fingerprint density at radius 3 is 2.87 bits per heavy atom. The van der Waals surface area contributed by atoms with Crippen LogP contribution in [-0.2, 0) is 6.54 Å². The molecule has 0 aliphatic rings. The Labute approximate surface area is 136 Å². The van der Waals surface area contributed by atoms with E-state index in [1.165, 1.54) is 11.3 Å². The Kier molecular flexibility index (Phi) is 4.49. The molecule has 6 nitrogen and oxygen atoms in total. The van der Waals surface area contributed by atoms with E-state index in [1.54, 1.807) is 12.1 Å². The van der Waals surface area contributed by atoms with Crippen LogP contribution in [0.1, 0.15) is 24.6 Å². The SMILES string of the molecule is CCCCN(C)Cc1sc(=O)[nH]c1-c1ccc2[nH]c(=O)oc2c1. The first kappa shape index (κ1) is 15.8. The van der Waals surface area contributed by atoms with E-state index in [1.807, 2.05) is 6.07 Å². The number of aromatic nitrogens is 2. The molecule has 0 radical (unpaired) electrons. The summed E-state index contributed by atoms with van der Waals surface area (Å²) in [5.74, 6) is -0.476. The van der Waals surface area contributed by atoms with Gasteiger partial charge < -0.3 is 14.3 Å². The van der Waals surface area contributed by atoms with Gasteiger partial charge in [0.2, 0.25) is 0 Å². The van der Waals surface area contributed by atoms with Gasteiger partial charge in [0.25, 0.3) is 0 Å². The number of hydrogen-bond acceptors (Lipinski definition) is 5. The largest absolute Gasteiger partial charge is 0.417 e. The lowest BCUT2D eigenvalue weighted by Gasteiger charge is -2.15. The van der Waals surface area contributed by atoms with E-state index in [4.69, 9.17) is 4.42 Å². The van der Waals surface area contributed by atoms with Crippen LogP contribution >= 0.6 is 11.3 Å². The maximum atomic E-state index is 11.8. The van der Waals surface area contributed by atoms with Crippen molar-refractivity contribution in [1.82, 2.24) is 14.9 Å². The average molecular weight is 333 g/mol. The molecule has 1 aromatic carbocycles. The number of fused-ring (bicyclic) bond motifs is 1. The smallest absolute Gasteiger partial charge is 0.408 e. The average Bonchev–Trinajstić information content (AvgIpc) is 3.05. The molecule has 2 heterocycles. The van der Waals surface area contributed by atoms with E-state index < -0.39 is 5.76 Å². The molecule has 0 saturated heterocycles. The number of nitrogens with one attached hydrogen (secondary N) is 2. The number of aromatic amines is 2. The summed E-state index contributed by atoms with van der Waals surface area (Å²) in [6.07, 6.45) is 2.27. The summed E-state index contributed by atoms with van der Waals surface area (Å²) in [5.41, 5.74) is 2.79. The highest BCUT2D eigenvalue weighted by Gasteiger charge is 2.14. The summed E-state index contributed by atoms with van der Waals surface area (Å²) in [4.78, 5) is 31.7. The fourth-order valence-corrected chi connectivity index (χ4v) is 3.49. The van der Waals surface area contributed by atoms with Gasteiger partial charge in [-0.3, -0.25) is 9.78 Å². The highest BCUT2D eigenvalue weighted by Crippen LogP contribution is 2.26. The molecule has 0 unspecified atom stereocenters. The first-order valence-corrected chi connectivity index (χ1v) is 8.42. The normalized spacial score (nSPS) is 11.6. The predicted molar refractivity (Wildman–Crippen MR) is 92.0 cm³/mol. The van der Waals surface area contributed by atoms with Crippen LogP contribution in [0.25, 0.3) is 22.4 Å². The van der Waals surface area contributed by atoms with Crippen molar-refractivity contribution in [1.29, 1.82) is 0 Å². The number of rotatable bonds is 6. The number of hydrogen-bond donors (Lipinski definition) is 2. The van der Waals surface area contributed by atoms with Crippen molar-refractivity contribution in [3.05, 3.63) is 43.3 Å². The number of oxazole rings is 1. The summed E-state index contributed by atoms with van der Waals surface area (Å²) in [6.45, 7) is 3.87. The third kappa shape index (κ3) is 3.46. The second kappa shape index (κ2) is 6.55. The minimum absolute atomic E-state index is 0.0745. The first-order valence-electron chi connectivity index (χ1n) is 7.60. The second-order valence-corrected chi connectivity index (χ2v) is 6.70. The number of H-pyrrole nitrogens is 2. The van der Waals surface area contributed by atoms with Crippen LogP contribution < -0.4 is 10.6 Å². The second-order valence-electron chi connectivity index (χ2n) is 5.63. The van der Waals surface area contributed by atoms with Gasteiger partial charge in [-0.2, -0.15) is 0 Å². The Bertz CT molecular complexity index is 918. The summed E-state index contributed by atoms with van der Waals surface area (Å²) < 4.78 is 5.10. The lowest BCUT2D eigenvalue weighted by atomic mass is 10.1. The molecule has 0 fully saturated rings. The van der Waals surface area contributed by atoms with Gasteiger partial charge in [-0.1, -0.05) is 30.7 Å². The van der Waals surface area contributed by atoms with E-state index in [-0.39, 0.29) is 4.87 Å². The van der Waals surface area contributed by atoms with Crippen molar-refractivity contribution >= 4 is 22.4 Å². The highest BCUT2D eigenvalue weighted by molar-refractivity contribution is 7.09. The van der Waals surface area contributed by atoms with E-state index in [0.29, 0.717) is 17.6 Å². The zero-order valence-corrected chi connectivity index (χ0v) is 14.0. The van der Waals surface area contributed by atoms with Gasteiger partial charge >= 0.3 is 10.6 Å². The van der Waals surface area contributed by atoms with E-state index in [9.17, 15) is 9.59 Å². The molecule has 3 aromatic rings. The molecular weight excluding hydrogens is 314 g/mol. The summed E-state index contributed by atoms with van der Waals surface area (Å²) in [6, 6.07) is 5.44. The van der Waals surface area contributed by atoms with Gasteiger partial charge in [-0.25, -0.2) is 4.79 Å². The molecule has 0 atom stereocenters. The van der Waals surface area contributed by atoms with E-state index in [2.05, 4.69) is 28.8 Å². The molecule has 2 aromatic heterocycles. The van der Waals surface area contributed by atoms with Crippen LogP contribution in [0.2, 0.25) is 0 Å². The molecule has 7 heteroatoms. The van der Waals surface area contributed by atoms with Gasteiger partial charge in [0, 0.05) is 17.0 Å². The van der Waals surface area contributed by atoms with Crippen LogP contribution in [0.5, 0.6) is 0 Å². The Balaban J connectivity index is 1.94. The van der Waals surface area contributed by atoms with Crippen LogP contribution in [0, 0.1) is 0 Å². The fraction of sp³-hybridized carbons (Fsp3) is 0.375. The van der Waals surface area contributed by atoms with Gasteiger partial charge in [-0.15, -0.1) is 0 Å². The molecule has 3 rings (SSSR count). The quantitative estimate of drug-likeness (QED) is 0.727. The zero-order chi connectivity index (χ0) is 16.4. The van der Waals surface area contributed by atoms with Crippen molar-refractivity contribution in [3.8, 4) is 11.3 Å². The standard InChI is InChI=1S/C16H19N3O3S/c1-3-4-7-19(2)9-13-14(18-16(21)23-13)10-5-6-11-12(8-10)22-15(20)17-11/h5-6,8H,3-4,7,9H2,1-2H3,(H,17,20)(H,18,21). The van der Waals surface area contributed by atoms with Crippen molar-refractivity contribution in [2.45, 2.75) is 26.3 Å². The minimum Gasteiger partial charge on any atom is -0.408 e. The monoisotopic (exact) mass is 333 g/mol. The van der Waals surface area contributed by atoms with Crippen LogP contribution in [0.4, 0.5) is 0 Å². The Hall–Kier alpha value is -2.12. The molecule has 0 bridgehead atoms. The fourth-order valence-electron chi connectivity index (χ4n) is 2.56. The number of nitrogens with zero attached hydrogens (tertiary/aromatic N) is 1. The van der Waals surface area contributed by atoms with E-state index in [0.717, 1.165) is 35.5 Å². The highest BCUT2D eigenvalue weighted by atomic mass is 32.1. The summed E-state index contributed by atoms with van der Waals surface area (Å²) in [7, 11) is 2.05. The lowest BCUT2D eigenvalue weighted by molar-refractivity contribution is 0.324.